The van der Waals surface area contributed by atoms with Gasteiger partial charge in [-0.1, -0.05) is 18.2 Å². The molecule has 0 atom stereocenters. The van der Waals surface area contributed by atoms with Crippen LogP contribution in [0.2, 0.25) is 0 Å². The van der Waals surface area contributed by atoms with Crippen LogP contribution in [0.3, 0.4) is 0 Å². The number of allylic oxidation sites excluding steroid dienone is 2. The van der Waals surface area contributed by atoms with Gasteiger partial charge in [-0.05, 0) is 51.0 Å². The number of carboxylic acid groups (broad SMARTS) is 1. The molecule has 5 rings (SSSR count). The van der Waals surface area contributed by atoms with Crippen LogP contribution in [0.25, 0.3) is 22.0 Å². The van der Waals surface area contributed by atoms with E-state index in [9.17, 15) is 9.59 Å². The van der Waals surface area contributed by atoms with Gasteiger partial charge in [0.1, 0.15) is 17.9 Å². The molecule has 206 valence electrons. The molecule has 0 unspecified atom stereocenters. The van der Waals surface area contributed by atoms with Crippen LogP contribution < -0.4 is 15.0 Å². The number of pyridine rings is 1. The Morgan fingerprint density at radius 1 is 1.20 bits per heavy atom. The summed E-state index contributed by atoms with van der Waals surface area (Å²) in [5, 5.41) is 13.0. The Bertz CT molecular complexity index is 1590. The van der Waals surface area contributed by atoms with Crippen LogP contribution in [0.4, 0.5) is 16.4 Å². The predicted molar refractivity (Wildman–Crippen MR) is 152 cm³/mol. The molecule has 1 aromatic carbocycles. The molecule has 40 heavy (non-hydrogen) atoms. The van der Waals surface area contributed by atoms with Crippen LogP contribution in [-0.4, -0.2) is 56.6 Å². The second-order valence-corrected chi connectivity index (χ2v) is 10.5. The van der Waals surface area contributed by atoms with Crippen molar-refractivity contribution in [3.8, 4) is 17.0 Å². The predicted octanol–water partition coefficient (Wildman–Crippen LogP) is 5.26. The molecule has 2 aliphatic rings. The maximum Gasteiger partial charge on any atom is 0.415 e. The first-order valence-corrected chi connectivity index (χ1v) is 12.9. The second-order valence-electron chi connectivity index (χ2n) is 10.5. The highest BCUT2D eigenvalue weighted by Gasteiger charge is 2.31. The Labute approximate surface area is 231 Å². The van der Waals surface area contributed by atoms with Crippen molar-refractivity contribution >= 4 is 40.3 Å². The number of aliphatic imine (C=N–C) groups is 1. The number of nitrogens with one attached hydrogen (secondary N) is 1. The van der Waals surface area contributed by atoms with Gasteiger partial charge in [0.2, 0.25) is 11.8 Å². The molecular weight excluding hydrogens is 512 g/mol. The average Bonchev–Trinajstić information content (AvgIpc) is 3.11. The number of nitrogens with zero attached hydrogens (tertiary/aromatic N) is 5. The van der Waals surface area contributed by atoms with E-state index in [0.717, 1.165) is 27.8 Å². The van der Waals surface area contributed by atoms with Crippen LogP contribution in [0.15, 0.2) is 59.6 Å². The number of fused-ring (bicyclic) bond motifs is 2. The molecule has 0 saturated heterocycles. The Balaban J connectivity index is 1.45. The third-order valence-corrected chi connectivity index (χ3v) is 6.24. The first kappa shape index (κ1) is 26.8. The number of anilines is 2. The zero-order valence-corrected chi connectivity index (χ0v) is 22.8. The zero-order chi connectivity index (χ0) is 28.4. The summed E-state index contributed by atoms with van der Waals surface area (Å²) in [5.41, 5.74) is 4.44. The number of aliphatic carboxylic acids is 1. The fraction of sp³-hybridized carbons (Fsp3) is 0.310. The highest BCUT2D eigenvalue weighted by atomic mass is 16.6. The Morgan fingerprint density at radius 2 is 2.02 bits per heavy atom. The molecular formula is C29H30N6O5. The minimum atomic E-state index is -0.934. The smallest absolute Gasteiger partial charge is 0.415 e. The first-order valence-electron chi connectivity index (χ1n) is 12.9. The number of amides is 1. The topological polar surface area (TPSA) is 139 Å². The summed E-state index contributed by atoms with van der Waals surface area (Å²) in [7, 11) is 0. The maximum absolute atomic E-state index is 13.0. The number of hydrogen-bond donors (Lipinski definition) is 2. The lowest BCUT2D eigenvalue weighted by molar-refractivity contribution is -0.135. The SMILES string of the molecule is Cc1c(-c2ccc3cnc(NC4=CN=C(CC(=O)O)C=CC4)nc3c2)cnc2c1N(C(=O)OC(C)(C)C)CCO2. The standard InChI is InChI=1S/C29H30N6O5/c1-17-22(16-31-26-25(17)35(10-11-39-26)28(38)40-29(2,3)4)18-8-9-19-14-32-27(34-23(19)12-18)33-21-7-5-6-20(30-15-21)13-24(36)37/h5-6,8-9,12,14-16H,7,10-11,13H2,1-4H3,(H,36,37)(H,32,33,34). The van der Waals surface area contributed by atoms with E-state index in [1.807, 2.05) is 52.0 Å². The van der Waals surface area contributed by atoms with Crippen LogP contribution >= 0.6 is 0 Å². The van der Waals surface area contributed by atoms with Crippen molar-refractivity contribution in [2.45, 2.75) is 46.1 Å². The fourth-order valence-electron chi connectivity index (χ4n) is 4.44. The monoisotopic (exact) mass is 542 g/mol. The molecule has 2 N–H and O–H groups in total. The van der Waals surface area contributed by atoms with Gasteiger partial charge in [-0.2, -0.15) is 0 Å². The van der Waals surface area contributed by atoms with Crippen LogP contribution in [-0.2, 0) is 9.53 Å². The second kappa shape index (κ2) is 10.8. The molecule has 0 aliphatic carbocycles. The van der Waals surface area contributed by atoms with E-state index in [-0.39, 0.29) is 6.42 Å². The molecule has 4 heterocycles. The summed E-state index contributed by atoms with van der Waals surface area (Å²) >= 11 is 0. The van der Waals surface area contributed by atoms with Crippen molar-refractivity contribution in [3.05, 3.63) is 60.2 Å². The number of aromatic nitrogens is 3. The van der Waals surface area contributed by atoms with Gasteiger partial charge < -0.3 is 19.9 Å². The number of ether oxygens (including phenoxy) is 2. The molecule has 0 fully saturated rings. The molecule has 0 spiro atoms. The largest absolute Gasteiger partial charge is 0.481 e. The lowest BCUT2D eigenvalue weighted by atomic mass is 9.99. The molecule has 0 bridgehead atoms. The van der Waals surface area contributed by atoms with Gasteiger partial charge in [0.05, 0.1) is 24.2 Å². The van der Waals surface area contributed by atoms with Gasteiger partial charge in [-0.15, -0.1) is 0 Å². The van der Waals surface area contributed by atoms with E-state index in [1.165, 1.54) is 0 Å². The lowest BCUT2D eigenvalue weighted by Crippen LogP contribution is -2.42. The Kier molecular flexibility index (Phi) is 7.20. The third-order valence-electron chi connectivity index (χ3n) is 6.24. The van der Waals surface area contributed by atoms with E-state index >= 15 is 0 Å². The maximum atomic E-state index is 13.0. The number of carboxylic acids is 1. The zero-order valence-electron chi connectivity index (χ0n) is 22.8. The van der Waals surface area contributed by atoms with Crippen molar-refractivity contribution < 1.29 is 24.2 Å². The van der Waals surface area contributed by atoms with Gasteiger partial charge in [0.25, 0.3) is 0 Å². The van der Waals surface area contributed by atoms with E-state index in [0.29, 0.717) is 48.3 Å². The Morgan fingerprint density at radius 3 is 2.80 bits per heavy atom. The molecule has 0 radical (unpaired) electrons. The van der Waals surface area contributed by atoms with Crippen molar-refractivity contribution in [2.75, 3.05) is 23.4 Å². The van der Waals surface area contributed by atoms with Gasteiger partial charge in [0.15, 0.2) is 0 Å². The quantitative estimate of drug-likeness (QED) is 0.442. The van der Waals surface area contributed by atoms with Gasteiger partial charge in [-0.25, -0.2) is 19.7 Å². The minimum Gasteiger partial charge on any atom is -0.481 e. The van der Waals surface area contributed by atoms with E-state index in [4.69, 9.17) is 19.6 Å². The van der Waals surface area contributed by atoms with Gasteiger partial charge in [0, 0.05) is 41.7 Å². The van der Waals surface area contributed by atoms with E-state index in [1.54, 1.807) is 29.6 Å². The summed E-state index contributed by atoms with van der Waals surface area (Å²) in [6, 6.07) is 5.85. The van der Waals surface area contributed by atoms with E-state index in [2.05, 4.69) is 20.3 Å². The van der Waals surface area contributed by atoms with Gasteiger partial charge in [-0.3, -0.25) is 14.7 Å². The Hall–Kier alpha value is -4.80. The molecule has 1 amide bonds. The highest BCUT2D eigenvalue weighted by molar-refractivity contribution is 6.05. The number of hydrogen-bond acceptors (Lipinski definition) is 9. The summed E-state index contributed by atoms with van der Waals surface area (Å²) in [6.07, 6.45) is 8.57. The first-order chi connectivity index (χ1) is 19.1. The number of carbonyl (C=O) groups is 2. The summed E-state index contributed by atoms with van der Waals surface area (Å²) in [5.74, 6) is -0.143. The van der Waals surface area contributed by atoms with Crippen LogP contribution in [0, 0.1) is 6.92 Å². The van der Waals surface area contributed by atoms with Crippen LogP contribution in [0.1, 0.15) is 39.2 Å². The van der Waals surface area contributed by atoms with Crippen LogP contribution in [0.5, 0.6) is 5.88 Å². The van der Waals surface area contributed by atoms with Crippen molar-refractivity contribution in [1.29, 1.82) is 0 Å². The highest BCUT2D eigenvalue weighted by Crippen LogP contribution is 2.39. The van der Waals surface area contributed by atoms with Gasteiger partial charge >= 0.3 is 12.1 Å². The van der Waals surface area contributed by atoms with Crippen molar-refractivity contribution in [1.82, 2.24) is 15.0 Å². The van der Waals surface area contributed by atoms with Crippen molar-refractivity contribution in [3.63, 3.8) is 0 Å². The lowest BCUT2D eigenvalue weighted by Gasteiger charge is -2.32. The average molecular weight is 543 g/mol. The number of carbonyl (C=O) groups excluding carboxylic acids is 1. The molecule has 11 heteroatoms. The molecule has 2 aliphatic heterocycles. The molecule has 0 saturated carbocycles. The summed E-state index contributed by atoms with van der Waals surface area (Å²) < 4.78 is 11.4. The van der Waals surface area contributed by atoms with Crippen molar-refractivity contribution in [2.24, 2.45) is 4.99 Å². The summed E-state index contributed by atoms with van der Waals surface area (Å²) in [4.78, 5) is 43.4. The number of rotatable bonds is 5. The third kappa shape index (κ3) is 5.93. The molecule has 11 nitrogen and oxygen atoms in total. The molecule has 3 aromatic rings. The normalized spacial score (nSPS) is 14.9. The minimum absolute atomic E-state index is 0.145. The number of benzene rings is 1. The summed E-state index contributed by atoms with van der Waals surface area (Å²) in [6.45, 7) is 8.13. The molecule has 2 aromatic heterocycles. The fourth-order valence-corrected chi connectivity index (χ4v) is 4.44. The van der Waals surface area contributed by atoms with E-state index < -0.39 is 17.7 Å².